The van der Waals surface area contributed by atoms with Gasteiger partial charge in [0.2, 0.25) is 0 Å². The van der Waals surface area contributed by atoms with E-state index < -0.39 is 11.8 Å². The Labute approximate surface area is 174 Å². The smallest absolute Gasteiger partial charge is 0.309 e. The zero-order valence-electron chi connectivity index (χ0n) is 16.1. The topological polar surface area (TPSA) is 61.4 Å². The van der Waals surface area contributed by atoms with Crippen molar-refractivity contribution in [2.45, 2.75) is 30.8 Å². The van der Waals surface area contributed by atoms with Crippen LogP contribution in [-0.2, 0) is 22.7 Å². The van der Waals surface area contributed by atoms with Crippen LogP contribution in [0.2, 0.25) is 0 Å². The van der Waals surface area contributed by atoms with Crippen LogP contribution < -0.4 is 10.6 Å². The van der Waals surface area contributed by atoms with Crippen LogP contribution in [0.15, 0.2) is 46.0 Å². The van der Waals surface area contributed by atoms with Gasteiger partial charge in [-0.3, -0.25) is 14.5 Å². The number of thiophene rings is 1. The highest BCUT2D eigenvalue weighted by molar-refractivity contribution is 7.98. The van der Waals surface area contributed by atoms with Crippen molar-refractivity contribution in [1.29, 1.82) is 0 Å². The molecule has 0 aliphatic carbocycles. The highest BCUT2D eigenvalue weighted by Crippen LogP contribution is 2.24. The summed E-state index contributed by atoms with van der Waals surface area (Å²) < 4.78 is 0. The molecule has 3 rings (SSSR count). The van der Waals surface area contributed by atoms with E-state index in [4.69, 9.17) is 0 Å². The Balaban J connectivity index is 1.36. The molecule has 1 aliphatic heterocycles. The lowest BCUT2D eigenvalue weighted by atomic mass is 9.96. The predicted octanol–water partition coefficient (Wildman–Crippen LogP) is 3.11. The Hall–Kier alpha value is -1.83. The number of hydrogen-bond acceptors (Lipinski definition) is 5. The van der Waals surface area contributed by atoms with Crippen LogP contribution in [0.5, 0.6) is 0 Å². The maximum atomic E-state index is 12.0. The van der Waals surface area contributed by atoms with E-state index >= 15 is 0 Å². The second kappa shape index (κ2) is 10.6. The average molecular weight is 418 g/mol. The second-order valence-corrected chi connectivity index (χ2v) is 8.68. The van der Waals surface area contributed by atoms with Gasteiger partial charge in [-0.2, -0.15) is 11.3 Å². The van der Waals surface area contributed by atoms with Crippen LogP contribution >= 0.6 is 23.1 Å². The van der Waals surface area contributed by atoms with E-state index in [0.29, 0.717) is 19.0 Å². The number of hydrogen-bond donors (Lipinski definition) is 2. The van der Waals surface area contributed by atoms with Crippen LogP contribution in [0.25, 0.3) is 0 Å². The maximum Gasteiger partial charge on any atom is 0.309 e. The van der Waals surface area contributed by atoms with E-state index in [1.165, 1.54) is 10.5 Å². The average Bonchev–Trinajstić information content (AvgIpc) is 3.25. The van der Waals surface area contributed by atoms with Crippen LogP contribution in [-0.4, -0.2) is 42.6 Å². The van der Waals surface area contributed by atoms with Crippen molar-refractivity contribution in [2.24, 2.45) is 5.92 Å². The van der Waals surface area contributed by atoms with Gasteiger partial charge < -0.3 is 10.6 Å². The summed E-state index contributed by atoms with van der Waals surface area (Å²) in [6.07, 6.45) is 4.20. The fraction of sp³-hybridized carbons (Fsp3) is 0.429. The van der Waals surface area contributed by atoms with Crippen molar-refractivity contribution < 1.29 is 9.59 Å². The Morgan fingerprint density at radius 2 is 1.89 bits per heavy atom. The van der Waals surface area contributed by atoms with Crippen LogP contribution in [0.3, 0.4) is 0 Å². The van der Waals surface area contributed by atoms with Crippen LogP contribution in [0.1, 0.15) is 24.0 Å². The van der Waals surface area contributed by atoms with Crippen molar-refractivity contribution in [3.05, 3.63) is 52.2 Å². The molecule has 2 heterocycles. The fourth-order valence-electron chi connectivity index (χ4n) is 3.40. The molecule has 0 spiro atoms. The Kier molecular flexibility index (Phi) is 7.94. The predicted molar refractivity (Wildman–Crippen MR) is 115 cm³/mol. The van der Waals surface area contributed by atoms with Gasteiger partial charge in [-0.25, -0.2) is 0 Å². The first kappa shape index (κ1) is 20.9. The summed E-state index contributed by atoms with van der Waals surface area (Å²) in [5.41, 5.74) is 2.39. The van der Waals surface area contributed by atoms with E-state index in [1.54, 1.807) is 23.1 Å². The highest BCUT2D eigenvalue weighted by atomic mass is 32.2. The number of rotatable bonds is 7. The third kappa shape index (κ3) is 6.09. The summed E-state index contributed by atoms with van der Waals surface area (Å²) in [4.78, 5) is 27.7. The minimum atomic E-state index is -0.558. The SMILES string of the molecule is CSc1ccccc1CN1CCC(CNC(=O)C(=O)NCc2ccsc2)CC1. The lowest BCUT2D eigenvalue weighted by molar-refractivity contribution is -0.139. The Bertz CT molecular complexity index is 772. The third-order valence-corrected chi connectivity index (χ3v) is 6.65. The van der Waals surface area contributed by atoms with Gasteiger partial charge in [0.1, 0.15) is 0 Å². The summed E-state index contributed by atoms with van der Waals surface area (Å²) in [7, 11) is 0. The van der Waals surface area contributed by atoms with E-state index in [0.717, 1.165) is 38.0 Å². The zero-order chi connectivity index (χ0) is 19.8. The summed E-state index contributed by atoms with van der Waals surface area (Å²) in [6.45, 7) is 3.98. The summed E-state index contributed by atoms with van der Waals surface area (Å²) in [6, 6.07) is 10.5. The van der Waals surface area contributed by atoms with E-state index in [-0.39, 0.29) is 0 Å². The minimum absolute atomic E-state index is 0.395. The zero-order valence-corrected chi connectivity index (χ0v) is 17.8. The quantitative estimate of drug-likeness (QED) is 0.537. The molecule has 7 heteroatoms. The van der Waals surface area contributed by atoms with Gasteiger partial charge in [-0.1, -0.05) is 18.2 Å². The molecule has 1 fully saturated rings. The standard InChI is InChI=1S/C21H27N3O2S2/c1-27-19-5-3-2-4-18(19)14-24-9-6-16(7-10-24)12-22-20(25)21(26)23-13-17-8-11-28-15-17/h2-5,8,11,15-16H,6-7,9-10,12-14H2,1H3,(H,22,25)(H,23,26). The van der Waals surface area contributed by atoms with Gasteiger partial charge in [-0.15, -0.1) is 11.8 Å². The van der Waals surface area contributed by atoms with Gasteiger partial charge in [0.05, 0.1) is 0 Å². The number of nitrogens with one attached hydrogen (secondary N) is 2. The first-order valence-corrected chi connectivity index (χ1v) is 11.7. The summed E-state index contributed by atoms with van der Waals surface area (Å²) in [5, 5.41) is 9.37. The van der Waals surface area contributed by atoms with Gasteiger partial charge in [0.15, 0.2) is 0 Å². The molecular formula is C21H27N3O2S2. The van der Waals surface area contributed by atoms with Crippen molar-refractivity contribution >= 4 is 34.9 Å². The van der Waals surface area contributed by atoms with Crippen LogP contribution in [0, 0.1) is 5.92 Å². The number of likely N-dealkylation sites (tertiary alicyclic amines) is 1. The van der Waals surface area contributed by atoms with Crippen molar-refractivity contribution in [1.82, 2.24) is 15.5 Å². The molecule has 150 valence electrons. The number of nitrogens with zero attached hydrogens (tertiary/aromatic N) is 1. The van der Waals surface area contributed by atoms with Gasteiger partial charge >= 0.3 is 11.8 Å². The molecule has 0 bridgehead atoms. The van der Waals surface area contributed by atoms with E-state index in [2.05, 4.69) is 46.1 Å². The number of thioether (sulfide) groups is 1. The molecule has 5 nitrogen and oxygen atoms in total. The maximum absolute atomic E-state index is 12.0. The molecule has 0 unspecified atom stereocenters. The Morgan fingerprint density at radius 3 is 2.61 bits per heavy atom. The van der Waals surface area contributed by atoms with Crippen molar-refractivity contribution in [3.63, 3.8) is 0 Å². The van der Waals surface area contributed by atoms with Crippen molar-refractivity contribution in [3.8, 4) is 0 Å². The van der Waals surface area contributed by atoms with Crippen LogP contribution in [0.4, 0.5) is 0 Å². The molecule has 2 amide bonds. The first-order valence-electron chi connectivity index (χ1n) is 9.57. The summed E-state index contributed by atoms with van der Waals surface area (Å²) in [5.74, 6) is -0.662. The number of carbonyl (C=O) groups is 2. The van der Waals surface area contributed by atoms with Crippen molar-refractivity contribution in [2.75, 3.05) is 25.9 Å². The number of piperidine rings is 1. The lowest BCUT2D eigenvalue weighted by Gasteiger charge is -2.32. The molecule has 0 radical (unpaired) electrons. The normalized spacial score (nSPS) is 15.3. The monoisotopic (exact) mass is 417 g/mol. The molecule has 0 atom stereocenters. The van der Waals surface area contributed by atoms with E-state index in [9.17, 15) is 9.59 Å². The lowest BCUT2D eigenvalue weighted by Crippen LogP contribution is -2.43. The molecule has 1 aliphatic rings. The van der Waals surface area contributed by atoms with E-state index in [1.807, 2.05) is 16.8 Å². The molecule has 2 N–H and O–H groups in total. The number of amides is 2. The summed E-state index contributed by atoms with van der Waals surface area (Å²) >= 11 is 3.36. The molecular weight excluding hydrogens is 390 g/mol. The highest BCUT2D eigenvalue weighted by Gasteiger charge is 2.21. The van der Waals surface area contributed by atoms with Gasteiger partial charge in [-0.05, 0) is 72.1 Å². The number of benzene rings is 1. The molecule has 0 saturated carbocycles. The molecule has 1 aromatic heterocycles. The molecule has 2 aromatic rings. The largest absolute Gasteiger partial charge is 0.348 e. The molecule has 1 aromatic carbocycles. The first-order chi connectivity index (χ1) is 13.7. The Morgan fingerprint density at radius 1 is 1.14 bits per heavy atom. The minimum Gasteiger partial charge on any atom is -0.348 e. The van der Waals surface area contributed by atoms with Gasteiger partial charge in [0.25, 0.3) is 0 Å². The molecule has 1 saturated heterocycles. The number of carbonyl (C=O) groups excluding carboxylic acids is 2. The second-order valence-electron chi connectivity index (χ2n) is 7.06. The fourth-order valence-corrected chi connectivity index (χ4v) is 4.67. The molecule has 28 heavy (non-hydrogen) atoms. The van der Waals surface area contributed by atoms with Gasteiger partial charge in [0, 0.05) is 24.5 Å². The third-order valence-electron chi connectivity index (χ3n) is 5.08.